The van der Waals surface area contributed by atoms with E-state index < -0.39 is 15.8 Å². The minimum atomic E-state index is -0.847. The van der Waals surface area contributed by atoms with Gasteiger partial charge in [-0.25, -0.2) is 0 Å². The molecule has 0 amide bonds. The molecule has 0 saturated heterocycles. The number of aromatic nitrogens is 2. The first-order valence-corrected chi connectivity index (χ1v) is 23.2. The molecule has 2 aromatic heterocycles. The Labute approximate surface area is 393 Å². The molecule has 0 aliphatic carbocycles. The van der Waals surface area contributed by atoms with E-state index in [1.165, 1.54) is 48.9 Å². The number of benzene rings is 8. The van der Waals surface area contributed by atoms with E-state index in [4.69, 9.17) is 12.8 Å². The van der Waals surface area contributed by atoms with Gasteiger partial charge in [0, 0.05) is 36.2 Å². The summed E-state index contributed by atoms with van der Waals surface area (Å²) in [5, 5.41) is 10.6. The number of fused-ring (bicyclic) bond motifs is 6. The van der Waals surface area contributed by atoms with Gasteiger partial charge in [0.1, 0.15) is 37.1 Å². The Balaban J connectivity index is 0.000000159. The van der Waals surface area contributed by atoms with Gasteiger partial charge in [-0.05, 0) is 83.6 Å². The third-order valence-electron chi connectivity index (χ3n) is 11.0. The van der Waals surface area contributed by atoms with Gasteiger partial charge in [-0.3, -0.25) is 11.8 Å². The number of para-hydroxylation sites is 2. The summed E-state index contributed by atoms with van der Waals surface area (Å²) in [7, 11) is 2.41. The van der Waals surface area contributed by atoms with Crippen molar-refractivity contribution in [3.8, 4) is 11.8 Å². The normalized spacial score (nSPS) is 10.5. The van der Waals surface area contributed by atoms with Crippen LogP contribution in [0, 0.1) is 24.7 Å². The average Bonchev–Trinajstić information content (AvgIpc) is 3.78. The molecule has 0 fully saturated rings. The van der Waals surface area contributed by atoms with E-state index in [0.717, 1.165) is 32.9 Å². The quantitative estimate of drug-likeness (QED) is 0.0680. The van der Waals surface area contributed by atoms with Gasteiger partial charge in [-0.15, -0.1) is 23.3 Å². The van der Waals surface area contributed by atoms with Crippen LogP contribution in [0.1, 0.15) is 11.1 Å². The molecule has 0 aliphatic rings. The molecule has 0 atom stereocenters. The van der Waals surface area contributed by atoms with Crippen molar-refractivity contribution in [3.63, 3.8) is 0 Å². The molecule has 0 unspecified atom stereocenters. The maximum Gasteiger partial charge on any atom is 1.00 e. The molecule has 6 heteroatoms. The smallest absolute Gasteiger partial charge is 0.366 e. The predicted molar refractivity (Wildman–Crippen MR) is 259 cm³/mol. The van der Waals surface area contributed by atoms with Crippen LogP contribution in [0.2, 0.25) is 0 Å². The first-order valence-electron chi connectivity index (χ1n) is 19.8. The summed E-state index contributed by atoms with van der Waals surface area (Å²) in [4.78, 5) is 0. The first-order chi connectivity index (χ1) is 29.1. The van der Waals surface area contributed by atoms with Gasteiger partial charge in [-0.1, -0.05) is 132 Å². The van der Waals surface area contributed by atoms with Crippen LogP contribution in [0.5, 0.6) is 0 Å². The van der Waals surface area contributed by atoms with E-state index in [1.807, 2.05) is 48.5 Å². The van der Waals surface area contributed by atoms with Gasteiger partial charge < -0.3 is 22.0 Å². The standard InChI is InChI=1S/C25H22P2.2C15H10N.2Au/c1-5-13-22(14-6-1)26(23-15-7-2-8-16-23)21-27(24-17-9-3-10-18-24)25-19-11-4-12-20-25;2*1-3-11-7-6-10-14-15(11)12-8-4-5-9-13(12)16(14)2;;/h1-20H,21H2;2*4-10H,2H3;;/q;2*-1;2*+1/p+2. The summed E-state index contributed by atoms with van der Waals surface area (Å²) in [6, 6.07) is 72.9. The minimum Gasteiger partial charge on any atom is -0.366 e. The van der Waals surface area contributed by atoms with E-state index in [1.54, 1.807) is 0 Å². The van der Waals surface area contributed by atoms with Gasteiger partial charge in [0.15, 0.2) is 5.90 Å². The van der Waals surface area contributed by atoms with Crippen molar-refractivity contribution >= 4 is 80.7 Å². The van der Waals surface area contributed by atoms with Crippen molar-refractivity contribution in [2.75, 3.05) is 5.90 Å². The average molecular weight is 1190 g/mol. The van der Waals surface area contributed by atoms with Crippen LogP contribution in [-0.4, -0.2) is 15.0 Å². The number of nitrogens with zero attached hydrogens (tertiary/aromatic N) is 2. The minimum absolute atomic E-state index is 0. The Hall–Kier alpha value is -5.18. The Morgan fingerprint density at radius 2 is 0.639 bits per heavy atom. The maximum atomic E-state index is 7.35. The molecular formula is C55H44Au2N2P2+2. The summed E-state index contributed by atoms with van der Waals surface area (Å²) < 4.78 is 4.32. The second kappa shape index (κ2) is 21.6. The molecule has 0 spiro atoms. The van der Waals surface area contributed by atoms with Crippen LogP contribution in [0.25, 0.3) is 43.6 Å². The van der Waals surface area contributed by atoms with E-state index in [-0.39, 0.29) is 44.8 Å². The van der Waals surface area contributed by atoms with Crippen molar-refractivity contribution in [1.82, 2.24) is 9.13 Å². The molecule has 2 heterocycles. The van der Waals surface area contributed by atoms with Crippen LogP contribution in [0.3, 0.4) is 0 Å². The monoisotopic (exact) mass is 1190 g/mol. The molecule has 0 bridgehead atoms. The van der Waals surface area contributed by atoms with Crippen LogP contribution in [0.15, 0.2) is 206 Å². The molecule has 8 aromatic carbocycles. The Kier molecular flexibility index (Phi) is 16.0. The molecule has 10 rings (SSSR count). The summed E-state index contributed by atoms with van der Waals surface area (Å²) in [6.45, 7) is 0. The van der Waals surface area contributed by atoms with Crippen molar-refractivity contribution in [3.05, 3.63) is 230 Å². The SMILES string of the molecule is [Au+].[Au+].[C-]#Cc1cccc2c1c1ccccc1n2C.[C-]#Cc1cccc2c1c1ccccc1n2C.c1ccc([PH+](C[PH+](c2ccccc2)c2ccccc2)c2ccccc2)cc1. The molecule has 0 N–H and O–H groups in total. The van der Waals surface area contributed by atoms with Crippen molar-refractivity contribution < 1.29 is 44.8 Å². The molecular weight excluding hydrogens is 1140 g/mol. The zero-order chi connectivity index (χ0) is 40.6. The number of aryl methyl sites for hydroxylation is 2. The molecule has 0 aliphatic heterocycles. The largest absolute Gasteiger partial charge is 1.00 e. The summed E-state index contributed by atoms with van der Waals surface area (Å²) in [5.41, 5.74) is 6.40. The molecule has 0 radical (unpaired) electrons. The zero-order valence-corrected chi connectivity index (χ0v) is 40.2. The van der Waals surface area contributed by atoms with Crippen LogP contribution in [-0.2, 0) is 58.9 Å². The maximum absolute atomic E-state index is 7.35. The molecule has 2 nitrogen and oxygen atoms in total. The number of hydrogen-bond acceptors (Lipinski definition) is 0. The van der Waals surface area contributed by atoms with Gasteiger partial charge in [0.05, 0.1) is 0 Å². The van der Waals surface area contributed by atoms with Gasteiger partial charge in [0.25, 0.3) is 0 Å². The predicted octanol–water partition coefficient (Wildman–Crippen LogP) is 11.2. The molecule has 0 saturated carbocycles. The second-order valence-corrected chi connectivity index (χ2v) is 20.0. The third-order valence-corrected chi connectivity index (χ3v) is 17.9. The fourth-order valence-electron chi connectivity index (χ4n) is 8.10. The van der Waals surface area contributed by atoms with Gasteiger partial charge in [0.2, 0.25) is 0 Å². The van der Waals surface area contributed by atoms with Crippen molar-refractivity contribution in [1.29, 1.82) is 0 Å². The van der Waals surface area contributed by atoms with Crippen LogP contribution in [0.4, 0.5) is 0 Å². The van der Waals surface area contributed by atoms with Gasteiger partial charge in [-0.2, -0.15) is 0 Å². The Morgan fingerprint density at radius 1 is 0.361 bits per heavy atom. The van der Waals surface area contributed by atoms with Crippen LogP contribution < -0.4 is 21.2 Å². The zero-order valence-electron chi connectivity index (χ0n) is 33.8. The molecule has 61 heavy (non-hydrogen) atoms. The van der Waals surface area contributed by atoms with Crippen LogP contribution >= 0.6 is 15.8 Å². The fraction of sp³-hybridized carbons (Fsp3) is 0.0545. The molecule has 10 aromatic rings. The Morgan fingerprint density at radius 3 is 0.951 bits per heavy atom. The Bertz CT molecular complexity index is 2780. The summed E-state index contributed by atoms with van der Waals surface area (Å²) >= 11 is 0. The van der Waals surface area contributed by atoms with E-state index in [2.05, 4.69) is 193 Å². The van der Waals surface area contributed by atoms with E-state index >= 15 is 0 Å². The topological polar surface area (TPSA) is 9.86 Å². The van der Waals surface area contributed by atoms with E-state index in [0.29, 0.717) is 0 Å². The fourth-order valence-corrected chi connectivity index (χ4v) is 15.8. The van der Waals surface area contributed by atoms with Crippen molar-refractivity contribution in [2.45, 2.75) is 0 Å². The molecule has 304 valence electrons. The number of hydrogen-bond donors (Lipinski definition) is 0. The first kappa shape index (κ1) is 45.4. The second-order valence-electron chi connectivity index (χ2n) is 14.4. The van der Waals surface area contributed by atoms with E-state index in [9.17, 15) is 0 Å². The summed E-state index contributed by atoms with van der Waals surface area (Å²) in [5.74, 6) is 6.27. The van der Waals surface area contributed by atoms with Crippen molar-refractivity contribution in [2.24, 2.45) is 14.1 Å². The summed E-state index contributed by atoms with van der Waals surface area (Å²) in [6.07, 6.45) is 14.7. The van der Waals surface area contributed by atoms with Gasteiger partial charge >= 0.3 is 44.8 Å². The number of rotatable bonds is 6. The third kappa shape index (κ3) is 9.82.